The molecule has 1 N–H and O–H groups in total. The first-order valence-corrected chi connectivity index (χ1v) is 7.02. The third-order valence-corrected chi connectivity index (χ3v) is 3.97. The van der Waals surface area contributed by atoms with Crippen molar-refractivity contribution in [3.05, 3.63) is 34.8 Å². The molecule has 1 saturated carbocycles. The fourth-order valence-electron chi connectivity index (χ4n) is 2.07. The topological polar surface area (TPSA) is 29.9 Å². The van der Waals surface area contributed by atoms with Gasteiger partial charge >= 0.3 is 0 Å². The summed E-state index contributed by atoms with van der Waals surface area (Å²) in [5.74, 6) is 1.02. The van der Waals surface area contributed by atoms with Gasteiger partial charge in [-0.15, -0.1) is 11.3 Å². The molecule has 0 radical (unpaired) electrons. The van der Waals surface area contributed by atoms with Gasteiger partial charge in [0.1, 0.15) is 0 Å². The van der Waals surface area contributed by atoms with Crippen LogP contribution in [0.15, 0.2) is 29.9 Å². The molecule has 2 aromatic rings. The molecule has 0 amide bonds. The zero-order chi connectivity index (χ0) is 11.7. The van der Waals surface area contributed by atoms with Crippen LogP contribution in [0, 0.1) is 0 Å². The first-order chi connectivity index (χ1) is 8.33. The molecule has 1 aliphatic carbocycles. The smallest absolute Gasteiger partial charge is 0.203 e. The molecule has 0 aromatic carbocycles. The van der Waals surface area contributed by atoms with Crippen LogP contribution in [-0.2, 0) is 6.42 Å². The van der Waals surface area contributed by atoms with Crippen LogP contribution in [0.3, 0.4) is 0 Å². The molecule has 4 heteroatoms. The number of hydrogen-bond donors (Lipinski definition) is 1. The minimum atomic E-state index is 0.425. The Bertz CT molecular complexity index is 471. The Morgan fingerprint density at radius 1 is 1.59 bits per heavy atom. The molecule has 3 rings (SSSR count). The van der Waals surface area contributed by atoms with E-state index in [2.05, 4.69) is 45.5 Å². The average Bonchev–Trinajstić information content (AvgIpc) is 2.84. The van der Waals surface area contributed by atoms with E-state index in [1.807, 2.05) is 17.5 Å². The Morgan fingerprint density at radius 2 is 2.47 bits per heavy atom. The molecule has 17 heavy (non-hydrogen) atoms. The van der Waals surface area contributed by atoms with E-state index in [0.717, 1.165) is 12.4 Å². The molecule has 1 atom stereocenters. The van der Waals surface area contributed by atoms with Gasteiger partial charge in [-0.3, -0.25) is 0 Å². The van der Waals surface area contributed by atoms with Crippen molar-refractivity contribution in [3.63, 3.8) is 0 Å². The quantitative estimate of drug-likeness (QED) is 0.878. The maximum atomic E-state index is 4.40. The van der Waals surface area contributed by atoms with Crippen LogP contribution in [0.1, 0.15) is 30.7 Å². The third-order valence-electron chi connectivity index (χ3n) is 3.07. The number of nitrogens with one attached hydrogen (secondary N) is 1. The minimum absolute atomic E-state index is 0.425. The summed E-state index contributed by atoms with van der Waals surface area (Å²) >= 11 is 1.82. The highest BCUT2D eigenvalue weighted by Crippen LogP contribution is 2.36. The van der Waals surface area contributed by atoms with Crippen molar-refractivity contribution in [2.75, 3.05) is 5.32 Å². The lowest BCUT2D eigenvalue weighted by Gasteiger charge is -2.15. The Morgan fingerprint density at radius 3 is 3.18 bits per heavy atom. The standard InChI is InChI=1S/C13H17N3S/c1-10(9-12-3-2-8-17-12)15-13-14-6-7-16(13)11-4-5-11/h2-3,6-8,10-11H,4-5,9H2,1H3,(H,14,15). The Labute approximate surface area is 106 Å². The van der Waals surface area contributed by atoms with Crippen LogP contribution in [0.4, 0.5) is 5.95 Å². The largest absolute Gasteiger partial charge is 0.353 e. The van der Waals surface area contributed by atoms with Crippen LogP contribution in [0.2, 0.25) is 0 Å². The van der Waals surface area contributed by atoms with Gasteiger partial charge in [0.2, 0.25) is 5.95 Å². The number of anilines is 1. The highest BCUT2D eigenvalue weighted by molar-refractivity contribution is 7.09. The molecule has 0 spiro atoms. The zero-order valence-corrected chi connectivity index (χ0v) is 10.8. The van der Waals surface area contributed by atoms with E-state index in [0.29, 0.717) is 12.1 Å². The van der Waals surface area contributed by atoms with Gasteiger partial charge in [-0.25, -0.2) is 4.98 Å². The first kappa shape index (κ1) is 10.8. The van der Waals surface area contributed by atoms with Crippen molar-refractivity contribution in [2.24, 2.45) is 0 Å². The molecule has 0 saturated heterocycles. The molecular formula is C13H17N3S. The van der Waals surface area contributed by atoms with E-state index in [9.17, 15) is 0 Å². The summed E-state index contributed by atoms with van der Waals surface area (Å²) in [5, 5.41) is 5.64. The number of hydrogen-bond acceptors (Lipinski definition) is 3. The maximum absolute atomic E-state index is 4.40. The van der Waals surface area contributed by atoms with Crippen LogP contribution in [-0.4, -0.2) is 15.6 Å². The van der Waals surface area contributed by atoms with Crippen molar-refractivity contribution >= 4 is 17.3 Å². The highest BCUT2D eigenvalue weighted by Gasteiger charge is 2.25. The van der Waals surface area contributed by atoms with Gasteiger partial charge in [-0.05, 0) is 31.2 Å². The molecule has 2 heterocycles. The molecule has 0 aliphatic heterocycles. The maximum Gasteiger partial charge on any atom is 0.203 e. The van der Waals surface area contributed by atoms with E-state index < -0.39 is 0 Å². The molecule has 2 aromatic heterocycles. The lowest BCUT2D eigenvalue weighted by molar-refractivity contribution is 0.713. The second-order valence-corrected chi connectivity index (χ2v) is 5.75. The summed E-state index contributed by atoms with van der Waals surface area (Å²) in [6.07, 6.45) is 7.63. The second-order valence-electron chi connectivity index (χ2n) is 4.72. The van der Waals surface area contributed by atoms with Crippen LogP contribution >= 0.6 is 11.3 Å². The molecule has 1 unspecified atom stereocenters. The molecule has 1 fully saturated rings. The van der Waals surface area contributed by atoms with Gasteiger partial charge in [0.15, 0.2) is 0 Å². The Kier molecular flexibility index (Phi) is 2.89. The first-order valence-electron chi connectivity index (χ1n) is 6.14. The fraction of sp³-hybridized carbons (Fsp3) is 0.462. The minimum Gasteiger partial charge on any atom is -0.353 e. The number of rotatable bonds is 5. The van der Waals surface area contributed by atoms with Crippen LogP contribution in [0.5, 0.6) is 0 Å². The molecular weight excluding hydrogens is 230 g/mol. The van der Waals surface area contributed by atoms with Crippen LogP contribution < -0.4 is 5.32 Å². The summed E-state index contributed by atoms with van der Waals surface area (Å²) in [4.78, 5) is 5.83. The van der Waals surface area contributed by atoms with Gasteiger partial charge in [-0.1, -0.05) is 6.07 Å². The van der Waals surface area contributed by atoms with Crippen molar-refractivity contribution in [1.82, 2.24) is 9.55 Å². The van der Waals surface area contributed by atoms with Gasteiger partial charge < -0.3 is 9.88 Å². The van der Waals surface area contributed by atoms with Gasteiger partial charge in [-0.2, -0.15) is 0 Å². The molecule has 1 aliphatic rings. The van der Waals surface area contributed by atoms with E-state index in [-0.39, 0.29) is 0 Å². The van der Waals surface area contributed by atoms with Crippen molar-refractivity contribution < 1.29 is 0 Å². The van der Waals surface area contributed by atoms with Crippen molar-refractivity contribution in [2.45, 2.75) is 38.3 Å². The predicted molar refractivity (Wildman–Crippen MR) is 71.6 cm³/mol. The van der Waals surface area contributed by atoms with Crippen molar-refractivity contribution in [3.8, 4) is 0 Å². The zero-order valence-electron chi connectivity index (χ0n) is 9.97. The third kappa shape index (κ3) is 2.52. The number of aromatic nitrogens is 2. The number of nitrogens with zero attached hydrogens (tertiary/aromatic N) is 2. The predicted octanol–water partition coefficient (Wildman–Crippen LogP) is 3.32. The monoisotopic (exact) mass is 247 g/mol. The lowest BCUT2D eigenvalue weighted by atomic mass is 10.2. The Hall–Kier alpha value is -1.29. The molecule has 90 valence electrons. The lowest BCUT2D eigenvalue weighted by Crippen LogP contribution is -2.20. The van der Waals surface area contributed by atoms with E-state index in [1.165, 1.54) is 17.7 Å². The molecule has 3 nitrogen and oxygen atoms in total. The van der Waals surface area contributed by atoms with Gasteiger partial charge in [0, 0.05) is 35.8 Å². The summed E-state index contributed by atoms with van der Waals surface area (Å²) < 4.78 is 2.27. The Balaban J connectivity index is 1.63. The molecule has 0 bridgehead atoms. The SMILES string of the molecule is CC(Cc1cccs1)Nc1nccn1C1CC1. The number of imidazole rings is 1. The summed E-state index contributed by atoms with van der Waals surface area (Å²) in [5.41, 5.74) is 0. The van der Waals surface area contributed by atoms with E-state index in [1.54, 1.807) is 0 Å². The van der Waals surface area contributed by atoms with Crippen LogP contribution in [0.25, 0.3) is 0 Å². The normalized spacial score (nSPS) is 17.0. The summed E-state index contributed by atoms with van der Waals surface area (Å²) in [6, 6.07) is 5.41. The van der Waals surface area contributed by atoms with Crippen molar-refractivity contribution in [1.29, 1.82) is 0 Å². The van der Waals surface area contributed by atoms with Gasteiger partial charge in [0.05, 0.1) is 0 Å². The average molecular weight is 247 g/mol. The highest BCUT2D eigenvalue weighted by atomic mass is 32.1. The summed E-state index contributed by atoms with van der Waals surface area (Å²) in [7, 11) is 0. The van der Waals surface area contributed by atoms with E-state index >= 15 is 0 Å². The number of thiophene rings is 1. The fourth-order valence-corrected chi connectivity index (χ4v) is 2.91. The van der Waals surface area contributed by atoms with E-state index in [4.69, 9.17) is 0 Å². The van der Waals surface area contributed by atoms with Gasteiger partial charge in [0.25, 0.3) is 0 Å². The second kappa shape index (κ2) is 4.53. The summed E-state index contributed by atoms with van der Waals surface area (Å²) in [6.45, 7) is 2.21.